The van der Waals surface area contributed by atoms with E-state index in [1.807, 2.05) is 18.2 Å². The van der Waals surface area contributed by atoms with Crippen molar-refractivity contribution in [3.05, 3.63) is 83.1 Å². The molecule has 2 aliphatic rings. The second kappa shape index (κ2) is 11.8. The van der Waals surface area contributed by atoms with E-state index in [1.54, 1.807) is 18.2 Å². The lowest BCUT2D eigenvalue weighted by atomic mass is 9.93. The molecule has 0 radical (unpaired) electrons. The first-order valence-corrected chi connectivity index (χ1v) is 15.6. The van der Waals surface area contributed by atoms with Crippen molar-refractivity contribution in [2.24, 2.45) is 0 Å². The fraction of sp³-hybridized carbons (Fsp3) is 0.355. The van der Waals surface area contributed by atoms with Crippen LogP contribution in [-0.4, -0.2) is 66.7 Å². The molecule has 6 rings (SSSR count). The summed E-state index contributed by atoms with van der Waals surface area (Å²) >= 11 is 0. The van der Waals surface area contributed by atoms with Gasteiger partial charge >= 0.3 is 5.97 Å². The minimum absolute atomic E-state index is 0.0435. The molecule has 12 heteroatoms. The quantitative estimate of drug-likeness (QED) is 0.272. The summed E-state index contributed by atoms with van der Waals surface area (Å²) in [4.78, 5) is 23.3. The molecule has 43 heavy (non-hydrogen) atoms. The van der Waals surface area contributed by atoms with Crippen LogP contribution in [0.15, 0.2) is 64.5 Å². The van der Waals surface area contributed by atoms with Crippen LogP contribution in [0.1, 0.15) is 52.6 Å². The molecule has 2 fully saturated rings. The second-order valence-electron chi connectivity index (χ2n) is 10.8. The molecule has 0 amide bonds. The molecule has 10 nitrogen and oxygen atoms in total. The third-order valence-corrected chi connectivity index (χ3v) is 9.86. The molecule has 2 aliphatic heterocycles. The summed E-state index contributed by atoms with van der Waals surface area (Å²) in [5.41, 5.74) is 2.83. The van der Waals surface area contributed by atoms with Gasteiger partial charge in [0, 0.05) is 18.2 Å². The Labute approximate surface area is 248 Å². The average Bonchev–Trinajstić information content (AvgIpc) is 3.34. The van der Waals surface area contributed by atoms with Gasteiger partial charge in [-0.15, -0.1) is 0 Å². The number of likely N-dealkylation sites (tertiary alicyclic amines) is 1. The van der Waals surface area contributed by atoms with Crippen LogP contribution in [0.4, 0.5) is 4.39 Å². The molecule has 0 unspecified atom stereocenters. The van der Waals surface area contributed by atoms with Crippen LogP contribution in [0.5, 0.6) is 0 Å². The number of hydrogen-bond donors (Lipinski definition) is 0. The highest BCUT2D eigenvalue weighted by Crippen LogP contribution is 2.31. The van der Waals surface area contributed by atoms with Crippen molar-refractivity contribution in [3.8, 4) is 6.07 Å². The van der Waals surface area contributed by atoms with E-state index >= 15 is 0 Å². The van der Waals surface area contributed by atoms with Gasteiger partial charge < -0.3 is 14.0 Å². The Morgan fingerprint density at radius 1 is 1.12 bits per heavy atom. The van der Waals surface area contributed by atoms with Gasteiger partial charge in [-0.1, -0.05) is 6.07 Å². The van der Waals surface area contributed by atoms with Gasteiger partial charge in [0.25, 0.3) is 0 Å². The Morgan fingerprint density at radius 2 is 1.91 bits per heavy atom. The molecule has 0 spiro atoms. The van der Waals surface area contributed by atoms with Crippen molar-refractivity contribution in [3.63, 3.8) is 0 Å². The third kappa shape index (κ3) is 5.76. The number of fused-ring (bicyclic) bond motifs is 1. The molecule has 2 aromatic carbocycles. The highest BCUT2D eigenvalue weighted by Gasteiger charge is 2.28. The number of nitrogens with zero attached hydrogens (tertiary/aromatic N) is 5. The number of carbonyl (C=O) groups is 1. The van der Waals surface area contributed by atoms with E-state index in [2.05, 4.69) is 14.5 Å². The number of piperidine rings is 1. The highest BCUT2D eigenvalue weighted by molar-refractivity contribution is 7.91. The summed E-state index contributed by atoms with van der Waals surface area (Å²) in [5, 5.41) is 8.76. The molecular weight excluding hydrogens is 573 g/mol. The Morgan fingerprint density at radius 3 is 2.58 bits per heavy atom. The first-order valence-electron chi connectivity index (χ1n) is 14.1. The molecule has 222 valence electrons. The fourth-order valence-electron chi connectivity index (χ4n) is 5.67. The standard InChI is InChI=1S/C31H30FN5O5S/c1-41-31(38)22-6-7-26-27(16-22)37(18-23-11-14-42-23)29(34-26)19-36-12-9-21(10-13-36)25-3-2-4-30(35-25)43(39,40)28-8-5-20(17-33)15-24(28)32/h2-8,15-16,21,23H,9-14,18-19H2,1H3/t23-/m0/s1. The monoisotopic (exact) mass is 603 g/mol. The number of esters is 1. The lowest BCUT2D eigenvalue weighted by molar-refractivity contribution is -0.0592. The lowest BCUT2D eigenvalue weighted by Gasteiger charge is -2.32. The van der Waals surface area contributed by atoms with Crippen LogP contribution in [0.25, 0.3) is 11.0 Å². The molecule has 0 N–H and O–H groups in total. The summed E-state index contributed by atoms with van der Waals surface area (Å²) in [6.45, 7) is 3.51. The van der Waals surface area contributed by atoms with Gasteiger partial charge in [0.2, 0.25) is 9.84 Å². The Balaban J connectivity index is 1.18. The molecule has 0 aliphatic carbocycles. The number of methoxy groups -OCH3 is 1. The first kappa shape index (κ1) is 28.9. The third-order valence-electron chi connectivity index (χ3n) is 8.17. The SMILES string of the molecule is COC(=O)c1ccc2nc(CN3CCC(c4cccc(S(=O)(=O)c5ccc(C#N)cc5F)n4)CC3)n(C[C@@H]3CCO3)c2c1. The number of ether oxygens (including phenoxy) is 2. The predicted molar refractivity (Wildman–Crippen MR) is 153 cm³/mol. The van der Waals surface area contributed by atoms with Gasteiger partial charge in [0.15, 0.2) is 5.03 Å². The van der Waals surface area contributed by atoms with Crippen molar-refractivity contribution in [2.75, 3.05) is 26.8 Å². The van der Waals surface area contributed by atoms with E-state index in [0.717, 1.165) is 67.9 Å². The van der Waals surface area contributed by atoms with Gasteiger partial charge in [-0.2, -0.15) is 5.26 Å². The molecule has 2 saturated heterocycles. The predicted octanol–water partition coefficient (Wildman–Crippen LogP) is 4.23. The van der Waals surface area contributed by atoms with Crippen molar-refractivity contribution in [2.45, 2.75) is 54.3 Å². The number of carbonyl (C=O) groups excluding carboxylic acids is 1. The van der Waals surface area contributed by atoms with Crippen LogP contribution >= 0.6 is 0 Å². The Hall–Kier alpha value is -4.18. The number of sulfone groups is 1. The Kier molecular flexibility index (Phi) is 7.96. The van der Waals surface area contributed by atoms with Crippen molar-refractivity contribution in [1.82, 2.24) is 19.4 Å². The summed E-state index contributed by atoms with van der Waals surface area (Å²) < 4.78 is 53.7. The number of nitriles is 1. The van der Waals surface area contributed by atoms with E-state index in [-0.39, 0.29) is 22.6 Å². The number of benzene rings is 2. The molecular formula is C31H30FN5O5S. The number of imidazole rings is 1. The van der Waals surface area contributed by atoms with Crippen LogP contribution in [0, 0.1) is 17.1 Å². The number of pyridine rings is 1. The van der Waals surface area contributed by atoms with E-state index in [9.17, 15) is 17.6 Å². The average molecular weight is 604 g/mol. The summed E-state index contributed by atoms with van der Waals surface area (Å²) in [6.07, 6.45) is 2.61. The van der Waals surface area contributed by atoms with E-state index in [1.165, 1.54) is 19.2 Å². The number of halogens is 1. The van der Waals surface area contributed by atoms with Crippen LogP contribution in [0.3, 0.4) is 0 Å². The first-order chi connectivity index (χ1) is 20.8. The highest BCUT2D eigenvalue weighted by atomic mass is 32.2. The number of rotatable bonds is 8. The van der Waals surface area contributed by atoms with Gasteiger partial charge in [0.1, 0.15) is 16.5 Å². The molecule has 0 bridgehead atoms. The molecule has 4 aromatic rings. The minimum Gasteiger partial charge on any atom is -0.465 e. The number of aromatic nitrogens is 3. The van der Waals surface area contributed by atoms with Gasteiger partial charge in [-0.25, -0.2) is 27.6 Å². The van der Waals surface area contributed by atoms with Crippen LogP contribution < -0.4 is 0 Å². The van der Waals surface area contributed by atoms with Gasteiger partial charge in [0.05, 0.1) is 54.5 Å². The molecule has 0 saturated carbocycles. The largest absolute Gasteiger partial charge is 0.465 e. The molecule has 1 atom stereocenters. The number of hydrogen-bond acceptors (Lipinski definition) is 9. The Bertz CT molecular complexity index is 1840. The lowest BCUT2D eigenvalue weighted by Crippen LogP contribution is -2.35. The van der Waals surface area contributed by atoms with Gasteiger partial charge in [-0.3, -0.25) is 4.90 Å². The van der Waals surface area contributed by atoms with Crippen molar-refractivity contribution >= 4 is 26.8 Å². The zero-order valence-corrected chi connectivity index (χ0v) is 24.4. The maximum atomic E-state index is 14.6. The smallest absolute Gasteiger partial charge is 0.337 e. The van der Waals surface area contributed by atoms with E-state index in [4.69, 9.17) is 19.7 Å². The van der Waals surface area contributed by atoms with Crippen LogP contribution in [0.2, 0.25) is 0 Å². The summed E-state index contributed by atoms with van der Waals surface area (Å²) in [7, 11) is -2.84. The van der Waals surface area contributed by atoms with Crippen molar-refractivity contribution in [1.29, 1.82) is 5.26 Å². The normalized spacial score (nSPS) is 17.8. The summed E-state index contributed by atoms with van der Waals surface area (Å²) in [5.74, 6) is -0.440. The zero-order chi connectivity index (χ0) is 30.1. The fourth-order valence-corrected chi connectivity index (χ4v) is 6.94. The minimum atomic E-state index is -4.20. The maximum absolute atomic E-state index is 14.6. The second-order valence-corrected chi connectivity index (χ2v) is 12.7. The zero-order valence-electron chi connectivity index (χ0n) is 23.6. The maximum Gasteiger partial charge on any atom is 0.337 e. The van der Waals surface area contributed by atoms with Crippen molar-refractivity contribution < 1.29 is 27.1 Å². The van der Waals surface area contributed by atoms with E-state index in [0.29, 0.717) is 24.3 Å². The van der Waals surface area contributed by atoms with Gasteiger partial charge in [-0.05, 0) is 80.9 Å². The van der Waals surface area contributed by atoms with Crippen LogP contribution in [-0.2, 0) is 32.4 Å². The molecule has 4 heterocycles. The topological polar surface area (TPSA) is 127 Å². The molecule has 2 aromatic heterocycles. The summed E-state index contributed by atoms with van der Waals surface area (Å²) in [6, 6.07) is 15.3. The van der Waals surface area contributed by atoms with E-state index < -0.39 is 26.5 Å².